The minimum atomic E-state index is -2.43. The quantitative estimate of drug-likeness (QED) is 0.0258. The van der Waals surface area contributed by atoms with Crippen molar-refractivity contribution in [1.82, 2.24) is 0 Å². The number of hydrogen-bond donors (Lipinski definition) is 0. The fraction of sp³-hybridized carbons (Fsp3) is 1.00. The van der Waals surface area contributed by atoms with Crippen LogP contribution in [-0.2, 0) is 114 Å². The predicted molar refractivity (Wildman–Crippen MR) is 289 cm³/mol. The van der Waals surface area contributed by atoms with Gasteiger partial charge in [0.05, 0.1) is 37.8 Å². The summed E-state index contributed by atoms with van der Waals surface area (Å²) < 4.78 is 22.8. The first kappa shape index (κ1) is 73.2. The SMILES string of the molecule is CCCCCCCCCCCCOP(=S)([S-])OCCCCCCCCCCCC.CCCCCCCCCCCCOP(=S)([S-])OCCCCCCCCCCCC.[Mo+6].[S-2].[S-2]. The van der Waals surface area contributed by atoms with Crippen molar-refractivity contribution >= 4 is 86.5 Å². The van der Waals surface area contributed by atoms with Crippen LogP contribution in [0, 0.1) is 0 Å². The van der Waals surface area contributed by atoms with Gasteiger partial charge in [-0.3, -0.25) is 0 Å². The summed E-state index contributed by atoms with van der Waals surface area (Å²) in [6, 6.07) is 0. The Morgan fingerprint density at radius 2 is 0.377 bits per heavy atom. The molecule has 0 rings (SSSR count). The largest absolute Gasteiger partial charge is 6.00 e. The topological polar surface area (TPSA) is 36.9 Å². The molecular weight excluding hydrogens is 991 g/mol. The molecule has 368 valence electrons. The molecule has 0 aliphatic rings. The summed E-state index contributed by atoms with van der Waals surface area (Å²) in [4.78, 5) is 0. The van der Waals surface area contributed by atoms with Crippen LogP contribution in [0.4, 0.5) is 0 Å². The zero-order chi connectivity index (χ0) is 42.9. The molecule has 0 atom stereocenters. The molecule has 0 saturated heterocycles. The molecule has 0 aromatic heterocycles. The van der Waals surface area contributed by atoms with Crippen molar-refractivity contribution in [2.45, 2.75) is 285 Å². The van der Waals surface area contributed by atoms with Crippen molar-refractivity contribution in [2.75, 3.05) is 26.4 Å². The Bertz CT molecular complexity index is 756. The minimum Gasteiger partial charge on any atom is -2.00 e. The van der Waals surface area contributed by atoms with E-state index in [2.05, 4.69) is 27.7 Å². The molecular formula is C48H100MoO4P2S6. The van der Waals surface area contributed by atoms with Crippen LogP contribution in [0.2, 0.25) is 0 Å². The van der Waals surface area contributed by atoms with E-state index in [1.165, 1.54) is 231 Å². The molecule has 0 N–H and O–H groups in total. The summed E-state index contributed by atoms with van der Waals surface area (Å²) >= 11 is 21.5. The standard InChI is InChI=1S/2C24H51O2PS2.Mo.2S/c2*1-3-5-7-9-11-13-15-17-19-21-23-25-27(28,29)26-24-22-20-18-16-14-12-10-8-6-4-2;;;/h2*3-24H2,1-2H3,(H,28,29);;;/q;;+6;2*-2/p-2. The van der Waals surface area contributed by atoms with Gasteiger partial charge in [-0.2, -0.15) is 0 Å². The Morgan fingerprint density at radius 1 is 0.262 bits per heavy atom. The van der Waals surface area contributed by atoms with Gasteiger partial charge < -0.3 is 69.6 Å². The zero-order valence-electron chi connectivity index (χ0n) is 40.5. The van der Waals surface area contributed by atoms with E-state index in [1.807, 2.05) is 0 Å². The first-order valence-corrected chi connectivity index (χ1v) is 32.7. The maximum absolute atomic E-state index is 5.71. The Labute approximate surface area is 433 Å². The van der Waals surface area contributed by atoms with E-state index in [0.717, 1.165) is 25.7 Å². The van der Waals surface area contributed by atoms with Crippen molar-refractivity contribution < 1.29 is 39.2 Å². The Kier molecular flexibility index (Phi) is 73.5. The van der Waals surface area contributed by atoms with Gasteiger partial charge in [0.1, 0.15) is 0 Å². The maximum atomic E-state index is 5.71. The van der Waals surface area contributed by atoms with E-state index in [-0.39, 0.29) is 48.1 Å². The van der Waals surface area contributed by atoms with Crippen molar-refractivity contribution in [3.05, 3.63) is 0 Å². The third-order valence-corrected chi connectivity index (χ3v) is 15.5. The first-order valence-electron chi connectivity index (χ1n) is 25.4. The third-order valence-electron chi connectivity index (χ3n) is 11.0. The average Bonchev–Trinajstić information content (AvgIpc) is 3.20. The van der Waals surface area contributed by atoms with E-state index in [1.54, 1.807) is 0 Å². The van der Waals surface area contributed by atoms with E-state index >= 15 is 0 Å². The normalized spacial score (nSPS) is 11.4. The van der Waals surface area contributed by atoms with Gasteiger partial charge in [0, 0.05) is 0 Å². The predicted octanol–water partition coefficient (Wildman–Crippen LogP) is 19.3. The van der Waals surface area contributed by atoms with Crippen LogP contribution in [-0.4, -0.2) is 26.4 Å². The van der Waals surface area contributed by atoms with Crippen LogP contribution in [0.25, 0.3) is 0 Å². The van der Waals surface area contributed by atoms with Gasteiger partial charge >= 0.3 is 21.1 Å². The van der Waals surface area contributed by atoms with Gasteiger partial charge in [0.15, 0.2) is 0 Å². The van der Waals surface area contributed by atoms with E-state index in [9.17, 15) is 0 Å². The van der Waals surface area contributed by atoms with Crippen LogP contribution >= 0.6 is 11.4 Å². The second-order valence-electron chi connectivity index (χ2n) is 17.0. The molecule has 4 nitrogen and oxygen atoms in total. The van der Waals surface area contributed by atoms with E-state index in [4.69, 9.17) is 66.2 Å². The van der Waals surface area contributed by atoms with Crippen molar-refractivity contribution in [1.29, 1.82) is 0 Å². The smallest absolute Gasteiger partial charge is 2.00 e. The molecule has 0 aliphatic heterocycles. The summed E-state index contributed by atoms with van der Waals surface area (Å²) in [7, 11) is 0. The van der Waals surface area contributed by atoms with Gasteiger partial charge in [-0.15, -0.1) is 0 Å². The molecule has 0 amide bonds. The molecule has 0 aromatic rings. The first-order chi connectivity index (χ1) is 28.2. The van der Waals surface area contributed by atoms with Gasteiger partial charge in [-0.25, -0.2) is 0 Å². The fourth-order valence-corrected chi connectivity index (χ4v) is 10.5. The van der Waals surface area contributed by atoms with Crippen LogP contribution in [0.5, 0.6) is 0 Å². The Hall–Kier alpha value is 3.23. The minimum absolute atomic E-state index is 0. The summed E-state index contributed by atoms with van der Waals surface area (Å²) in [5, 5.41) is 0. The summed E-state index contributed by atoms with van der Waals surface area (Å²) in [5.74, 6) is 0. The summed E-state index contributed by atoms with van der Waals surface area (Å²) in [6.07, 6.45) is 53.0. The molecule has 0 saturated carbocycles. The van der Waals surface area contributed by atoms with Crippen LogP contribution in [0.15, 0.2) is 0 Å². The van der Waals surface area contributed by atoms with Gasteiger partial charge in [0.25, 0.3) is 0 Å². The fourth-order valence-electron chi connectivity index (χ4n) is 7.14. The Balaban J connectivity index is -0.000000327. The van der Waals surface area contributed by atoms with Crippen LogP contribution in [0.1, 0.15) is 285 Å². The zero-order valence-corrected chi connectivity index (χ0v) is 49.2. The molecule has 0 heterocycles. The third kappa shape index (κ3) is 67.6. The van der Waals surface area contributed by atoms with E-state index < -0.39 is 11.4 Å². The average molecular weight is 1090 g/mol. The maximum Gasteiger partial charge on any atom is 6.00 e. The molecule has 13 heteroatoms. The number of rotatable bonds is 48. The molecule has 0 bridgehead atoms. The van der Waals surface area contributed by atoms with Crippen LogP contribution in [0.3, 0.4) is 0 Å². The second-order valence-corrected chi connectivity index (χ2v) is 26.9. The Morgan fingerprint density at radius 3 is 0.508 bits per heavy atom. The van der Waals surface area contributed by atoms with Gasteiger partial charge in [0.2, 0.25) is 0 Å². The monoisotopic (exact) mass is 1090 g/mol. The van der Waals surface area contributed by atoms with Gasteiger partial charge in [-0.1, -0.05) is 282 Å². The number of unbranched alkanes of at least 4 members (excludes halogenated alkanes) is 36. The molecule has 61 heavy (non-hydrogen) atoms. The number of hydrogen-bond acceptors (Lipinski definition) is 8. The van der Waals surface area contributed by atoms with E-state index in [0.29, 0.717) is 26.4 Å². The van der Waals surface area contributed by atoms with Gasteiger partial charge in [-0.05, 0) is 25.7 Å². The molecule has 0 radical (unpaired) electrons. The summed E-state index contributed by atoms with van der Waals surface area (Å²) in [5.41, 5.74) is -4.86. The molecule has 0 fully saturated rings. The summed E-state index contributed by atoms with van der Waals surface area (Å²) in [6.45, 7) is 11.8. The van der Waals surface area contributed by atoms with Crippen molar-refractivity contribution in [2.24, 2.45) is 0 Å². The molecule has 0 spiro atoms. The second kappa shape index (κ2) is 61.2. The van der Waals surface area contributed by atoms with Crippen LogP contribution < -0.4 is 0 Å². The molecule has 0 aliphatic carbocycles. The van der Waals surface area contributed by atoms with Crippen molar-refractivity contribution in [3.8, 4) is 0 Å². The van der Waals surface area contributed by atoms with Crippen molar-refractivity contribution in [3.63, 3.8) is 0 Å². The molecule has 0 aromatic carbocycles. The molecule has 0 unspecified atom stereocenters.